The van der Waals surface area contributed by atoms with Crippen molar-refractivity contribution in [3.63, 3.8) is 0 Å². The molecule has 2 aromatic rings. The van der Waals surface area contributed by atoms with Crippen molar-refractivity contribution in [1.29, 1.82) is 0 Å². The lowest BCUT2D eigenvalue weighted by Gasteiger charge is -2.29. The highest BCUT2D eigenvalue weighted by atomic mass is 16.5. The van der Waals surface area contributed by atoms with Crippen molar-refractivity contribution < 1.29 is 4.52 Å². The lowest BCUT2D eigenvalue weighted by molar-refractivity contribution is 0.165. The van der Waals surface area contributed by atoms with Gasteiger partial charge in [-0.25, -0.2) is 0 Å². The molecule has 0 bridgehead atoms. The fourth-order valence-corrected chi connectivity index (χ4v) is 3.72. The molecule has 1 fully saturated rings. The molecule has 26 heavy (non-hydrogen) atoms. The summed E-state index contributed by atoms with van der Waals surface area (Å²) in [5, 5.41) is 4.18. The zero-order valence-electron chi connectivity index (χ0n) is 16.4. The van der Waals surface area contributed by atoms with Gasteiger partial charge in [-0.15, -0.1) is 0 Å². The Hall–Kier alpha value is -1.72. The van der Waals surface area contributed by atoms with Crippen LogP contribution in [-0.4, -0.2) is 53.7 Å². The highest BCUT2D eigenvalue weighted by Gasteiger charge is 2.20. The number of hydrogen-bond acceptors (Lipinski definition) is 5. The zero-order chi connectivity index (χ0) is 18.4. The Kier molecular flexibility index (Phi) is 6.80. The van der Waals surface area contributed by atoms with Crippen LogP contribution in [0.3, 0.4) is 0 Å². The number of aromatic nitrogens is 2. The second kappa shape index (κ2) is 9.28. The Morgan fingerprint density at radius 3 is 2.46 bits per heavy atom. The van der Waals surface area contributed by atoms with Crippen LogP contribution in [0.15, 0.2) is 28.8 Å². The van der Waals surface area contributed by atoms with Crippen LogP contribution >= 0.6 is 0 Å². The fraction of sp³-hybridized carbons (Fsp3) is 0.619. The Balaban J connectivity index is 1.55. The lowest BCUT2D eigenvalue weighted by Crippen LogP contribution is -2.32. The molecule has 0 atom stereocenters. The summed E-state index contributed by atoms with van der Waals surface area (Å²) in [6.07, 6.45) is 8.89. The summed E-state index contributed by atoms with van der Waals surface area (Å²) in [5.74, 6) is 1.40. The average molecular weight is 357 g/mol. The highest BCUT2D eigenvalue weighted by molar-refractivity contribution is 5.54. The molecule has 1 saturated carbocycles. The SMILES string of the molecule is CN(C)CCCc1ccc(-c2noc(CN(C)C3CCCCC3)n2)cc1. The molecule has 0 aliphatic heterocycles. The second-order valence-electron chi connectivity index (χ2n) is 7.82. The number of nitrogens with zero attached hydrogens (tertiary/aromatic N) is 4. The van der Waals surface area contributed by atoms with Crippen molar-refractivity contribution in [2.24, 2.45) is 0 Å². The maximum absolute atomic E-state index is 5.49. The van der Waals surface area contributed by atoms with Crippen molar-refractivity contribution in [2.45, 2.75) is 57.5 Å². The van der Waals surface area contributed by atoms with E-state index in [-0.39, 0.29) is 0 Å². The number of hydrogen-bond donors (Lipinski definition) is 0. The molecule has 0 spiro atoms. The van der Waals surface area contributed by atoms with E-state index >= 15 is 0 Å². The van der Waals surface area contributed by atoms with Gasteiger partial charge in [0.1, 0.15) is 0 Å². The summed E-state index contributed by atoms with van der Waals surface area (Å²) in [7, 11) is 6.40. The Bertz CT molecular complexity index is 659. The van der Waals surface area contributed by atoms with Gasteiger partial charge in [-0.1, -0.05) is 48.7 Å². The van der Waals surface area contributed by atoms with Crippen molar-refractivity contribution in [2.75, 3.05) is 27.7 Å². The van der Waals surface area contributed by atoms with Gasteiger partial charge in [-0.3, -0.25) is 4.90 Å². The van der Waals surface area contributed by atoms with Gasteiger partial charge in [-0.2, -0.15) is 4.98 Å². The van der Waals surface area contributed by atoms with E-state index in [4.69, 9.17) is 4.52 Å². The van der Waals surface area contributed by atoms with Gasteiger partial charge >= 0.3 is 0 Å². The van der Waals surface area contributed by atoms with E-state index in [0.717, 1.165) is 25.1 Å². The summed E-state index contributed by atoms with van der Waals surface area (Å²) in [5.41, 5.74) is 2.38. The summed E-state index contributed by atoms with van der Waals surface area (Å²) in [6.45, 7) is 1.85. The van der Waals surface area contributed by atoms with Gasteiger partial charge in [-0.05, 0) is 58.9 Å². The van der Waals surface area contributed by atoms with Gasteiger partial charge in [0.25, 0.3) is 0 Å². The molecule has 0 unspecified atom stereocenters. The number of rotatable bonds is 8. The molecular formula is C21H32N4O. The molecule has 1 aromatic carbocycles. The third kappa shape index (κ3) is 5.39. The Morgan fingerprint density at radius 2 is 1.77 bits per heavy atom. The molecule has 0 amide bonds. The number of aryl methyl sites for hydroxylation is 1. The van der Waals surface area contributed by atoms with Crippen molar-refractivity contribution in [3.8, 4) is 11.4 Å². The summed E-state index contributed by atoms with van der Waals surface area (Å²) < 4.78 is 5.49. The lowest BCUT2D eigenvalue weighted by atomic mass is 9.94. The first-order valence-corrected chi connectivity index (χ1v) is 9.88. The van der Waals surface area contributed by atoms with E-state index in [1.807, 2.05) is 0 Å². The predicted octanol–water partition coefficient (Wildman–Crippen LogP) is 4.00. The van der Waals surface area contributed by atoms with Crippen molar-refractivity contribution in [3.05, 3.63) is 35.7 Å². The van der Waals surface area contributed by atoms with Crippen LogP contribution in [0, 0.1) is 0 Å². The average Bonchev–Trinajstić information content (AvgIpc) is 3.11. The largest absolute Gasteiger partial charge is 0.338 e. The molecule has 1 aliphatic carbocycles. The van der Waals surface area contributed by atoms with Gasteiger partial charge in [0.15, 0.2) is 0 Å². The third-order valence-corrected chi connectivity index (χ3v) is 5.33. The molecule has 142 valence electrons. The molecule has 1 aliphatic rings. The van der Waals surface area contributed by atoms with Crippen LogP contribution in [0.5, 0.6) is 0 Å². The van der Waals surface area contributed by atoms with Gasteiger partial charge < -0.3 is 9.42 Å². The van der Waals surface area contributed by atoms with E-state index in [1.165, 1.54) is 44.1 Å². The van der Waals surface area contributed by atoms with E-state index in [0.29, 0.717) is 17.8 Å². The topological polar surface area (TPSA) is 45.4 Å². The second-order valence-corrected chi connectivity index (χ2v) is 7.82. The monoisotopic (exact) mass is 356 g/mol. The smallest absolute Gasteiger partial charge is 0.241 e. The van der Waals surface area contributed by atoms with Crippen LogP contribution in [0.1, 0.15) is 50.0 Å². The number of benzene rings is 1. The molecule has 5 heteroatoms. The van der Waals surface area contributed by atoms with E-state index in [1.54, 1.807) is 0 Å². The molecule has 5 nitrogen and oxygen atoms in total. The Morgan fingerprint density at radius 1 is 1.04 bits per heavy atom. The van der Waals surface area contributed by atoms with E-state index in [2.05, 4.69) is 65.3 Å². The van der Waals surface area contributed by atoms with Crippen molar-refractivity contribution in [1.82, 2.24) is 19.9 Å². The summed E-state index contributed by atoms with van der Waals surface area (Å²) in [4.78, 5) is 9.19. The maximum atomic E-state index is 5.49. The first kappa shape index (κ1) is 19.1. The van der Waals surface area contributed by atoms with Gasteiger partial charge in [0, 0.05) is 11.6 Å². The molecular weight excluding hydrogens is 324 g/mol. The molecule has 0 saturated heterocycles. The Labute approximate surface area is 157 Å². The van der Waals surface area contributed by atoms with Crippen LogP contribution in [0.25, 0.3) is 11.4 Å². The zero-order valence-corrected chi connectivity index (χ0v) is 16.4. The standard InChI is InChI=1S/C21H32N4O/c1-24(2)15-7-8-17-11-13-18(14-12-17)21-22-20(26-23-21)16-25(3)19-9-5-4-6-10-19/h11-14,19H,4-10,15-16H2,1-3H3. The molecule has 1 heterocycles. The van der Waals surface area contributed by atoms with Crippen LogP contribution in [0.2, 0.25) is 0 Å². The van der Waals surface area contributed by atoms with Crippen LogP contribution < -0.4 is 0 Å². The normalized spacial score (nSPS) is 15.9. The predicted molar refractivity (Wildman–Crippen MR) is 105 cm³/mol. The summed E-state index contributed by atoms with van der Waals surface area (Å²) >= 11 is 0. The van der Waals surface area contributed by atoms with Gasteiger partial charge in [0.05, 0.1) is 6.54 Å². The van der Waals surface area contributed by atoms with Gasteiger partial charge in [0.2, 0.25) is 11.7 Å². The van der Waals surface area contributed by atoms with E-state index < -0.39 is 0 Å². The minimum atomic E-state index is 0.653. The first-order chi connectivity index (χ1) is 12.6. The molecule has 1 aromatic heterocycles. The maximum Gasteiger partial charge on any atom is 0.241 e. The van der Waals surface area contributed by atoms with Crippen LogP contribution in [0.4, 0.5) is 0 Å². The van der Waals surface area contributed by atoms with E-state index in [9.17, 15) is 0 Å². The highest BCUT2D eigenvalue weighted by Crippen LogP contribution is 2.23. The van der Waals surface area contributed by atoms with Crippen LogP contribution in [-0.2, 0) is 13.0 Å². The minimum Gasteiger partial charge on any atom is -0.338 e. The first-order valence-electron chi connectivity index (χ1n) is 9.88. The molecule has 0 radical (unpaired) electrons. The molecule has 0 N–H and O–H groups in total. The quantitative estimate of drug-likeness (QED) is 0.715. The third-order valence-electron chi connectivity index (χ3n) is 5.33. The molecule has 3 rings (SSSR count). The van der Waals surface area contributed by atoms with Crippen molar-refractivity contribution >= 4 is 0 Å². The summed E-state index contributed by atoms with van der Waals surface area (Å²) in [6, 6.07) is 9.21. The minimum absolute atomic E-state index is 0.653. The fourth-order valence-electron chi connectivity index (χ4n) is 3.72.